The quantitative estimate of drug-likeness (QED) is 0.230. The summed E-state index contributed by atoms with van der Waals surface area (Å²) in [6.07, 6.45) is -3.87. The summed E-state index contributed by atoms with van der Waals surface area (Å²) in [5, 5.41) is 41.2. The van der Waals surface area contributed by atoms with Gasteiger partial charge in [0.2, 0.25) is 5.91 Å². The van der Waals surface area contributed by atoms with Crippen LogP contribution in [0.4, 0.5) is 0 Å². The molecule has 1 amide bonds. The summed E-state index contributed by atoms with van der Waals surface area (Å²) in [5.41, 5.74) is 14.1. The number of hydrogen-bond donors (Lipinski definition) is 8. The molecule has 0 heterocycles. The van der Waals surface area contributed by atoms with Gasteiger partial charge in [0.1, 0.15) is 12.1 Å². The van der Waals surface area contributed by atoms with Gasteiger partial charge in [0.15, 0.2) is 12.2 Å². The molecule has 12 heteroatoms. The van der Waals surface area contributed by atoms with Gasteiger partial charge in [-0.15, -0.1) is 0 Å². The number of carbonyl (C=O) groups excluding carboxylic acids is 1. The first kappa shape index (κ1) is 20.0. The first-order valence-corrected chi connectivity index (χ1v) is 4.78. The highest BCUT2D eigenvalue weighted by molar-refractivity contribution is 5.87. The predicted octanol–water partition coefficient (Wildman–Crippen LogP) is -4.91. The number of carboxylic acids is 3. The van der Waals surface area contributed by atoms with E-state index >= 15 is 0 Å². The number of hydrogen-bond acceptors (Lipinski definition) is 8. The Kier molecular flexibility index (Phi) is 8.78. The summed E-state index contributed by atoms with van der Waals surface area (Å²) >= 11 is 0. The highest BCUT2D eigenvalue weighted by Gasteiger charge is 2.27. The second kappa shape index (κ2) is 8.76. The van der Waals surface area contributed by atoms with Crippen molar-refractivity contribution in [1.29, 1.82) is 0 Å². The molecule has 11 N–H and O–H groups in total. The third-order valence-electron chi connectivity index (χ3n) is 1.80. The van der Waals surface area contributed by atoms with Crippen molar-refractivity contribution in [2.24, 2.45) is 17.2 Å². The van der Waals surface area contributed by atoms with E-state index in [1.807, 2.05) is 0 Å². The third-order valence-corrected chi connectivity index (χ3v) is 1.80. The van der Waals surface area contributed by atoms with Crippen LogP contribution in [0.5, 0.6) is 0 Å². The van der Waals surface area contributed by atoms with Crippen molar-refractivity contribution in [3.05, 3.63) is 0 Å². The second-order valence-electron chi connectivity index (χ2n) is 3.36. The standard InChI is InChI=1S/C4H8N2O4.C4H7NO5/c5-1(4(9)10)2(7)3(6)8;5-1(3(7)8)2(6)4(9)10/h1-2,7H,5H2,(H2,6,8)(H,9,10);1-2,6H,5H2,(H,7,8)(H,9,10)/t2*1-,2?/m00/s1. The van der Waals surface area contributed by atoms with E-state index in [4.69, 9.17) is 37.0 Å². The fraction of sp³-hybridized carbons (Fsp3) is 0.500. The Balaban J connectivity index is 0. The van der Waals surface area contributed by atoms with Crippen LogP contribution in [-0.4, -0.2) is 73.6 Å². The highest BCUT2D eigenvalue weighted by atomic mass is 16.4. The van der Waals surface area contributed by atoms with E-state index in [0.717, 1.165) is 0 Å². The van der Waals surface area contributed by atoms with Crippen molar-refractivity contribution in [2.75, 3.05) is 0 Å². The highest BCUT2D eigenvalue weighted by Crippen LogP contribution is 1.89. The van der Waals surface area contributed by atoms with Crippen molar-refractivity contribution in [3.63, 3.8) is 0 Å². The molecule has 0 aromatic rings. The largest absolute Gasteiger partial charge is 0.480 e. The fourth-order valence-electron chi connectivity index (χ4n) is 0.601. The molecule has 0 rings (SSSR count). The minimum Gasteiger partial charge on any atom is -0.480 e. The Labute approximate surface area is 111 Å². The minimum absolute atomic E-state index is 1.14. The van der Waals surface area contributed by atoms with Crippen LogP contribution in [0.2, 0.25) is 0 Å². The van der Waals surface area contributed by atoms with Gasteiger partial charge in [0, 0.05) is 0 Å². The Morgan fingerprint density at radius 2 is 1.00 bits per heavy atom. The molecule has 0 saturated heterocycles. The molecule has 0 aliphatic rings. The zero-order chi connectivity index (χ0) is 16.6. The molecular formula is C8H15N3O9. The zero-order valence-electron chi connectivity index (χ0n) is 9.91. The minimum atomic E-state index is -2.04. The van der Waals surface area contributed by atoms with E-state index in [2.05, 4.69) is 5.73 Å². The summed E-state index contributed by atoms with van der Waals surface area (Å²) in [7, 11) is 0. The zero-order valence-corrected chi connectivity index (χ0v) is 9.91. The smallest absolute Gasteiger partial charge is 0.334 e. The van der Waals surface area contributed by atoms with Gasteiger partial charge >= 0.3 is 17.9 Å². The van der Waals surface area contributed by atoms with Gasteiger partial charge in [0.25, 0.3) is 0 Å². The second-order valence-corrected chi connectivity index (χ2v) is 3.36. The van der Waals surface area contributed by atoms with Crippen molar-refractivity contribution < 1.29 is 44.7 Å². The van der Waals surface area contributed by atoms with Gasteiger partial charge in [-0.1, -0.05) is 0 Å². The molecule has 0 bridgehead atoms. The SMILES string of the molecule is NC(=O)C(O)[C@H](N)C(=O)O.N[C@H](C(=O)O)C(O)C(=O)O. The maximum absolute atomic E-state index is 10.1. The van der Waals surface area contributed by atoms with Crippen LogP contribution in [-0.2, 0) is 19.2 Å². The van der Waals surface area contributed by atoms with E-state index in [-0.39, 0.29) is 0 Å². The third kappa shape index (κ3) is 7.22. The molecule has 2 unspecified atom stereocenters. The monoisotopic (exact) mass is 297 g/mol. The number of carboxylic acid groups (broad SMARTS) is 3. The van der Waals surface area contributed by atoms with Gasteiger partial charge in [-0.05, 0) is 0 Å². The van der Waals surface area contributed by atoms with E-state index in [1.165, 1.54) is 0 Å². The Bertz CT molecular complexity index is 313. The Morgan fingerprint density at radius 3 is 1.10 bits per heavy atom. The summed E-state index contributed by atoms with van der Waals surface area (Å²) in [6, 6.07) is -3.41. The normalized spacial score (nSPS) is 15.8. The summed E-state index contributed by atoms with van der Waals surface area (Å²) in [6.45, 7) is 0. The van der Waals surface area contributed by atoms with Gasteiger partial charge < -0.3 is 42.7 Å². The number of amides is 1. The molecule has 20 heavy (non-hydrogen) atoms. The molecule has 0 saturated carbocycles. The van der Waals surface area contributed by atoms with Crippen LogP contribution in [0.3, 0.4) is 0 Å². The Hall–Kier alpha value is -2.28. The lowest BCUT2D eigenvalue weighted by Crippen LogP contribution is -2.48. The van der Waals surface area contributed by atoms with Crippen molar-refractivity contribution in [1.82, 2.24) is 0 Å². The molecule has 4 atom stereocenters. The van der Waals surface area contributed by atoms with Crippen molar-refractivity contribution >= 4 is 23.8 Å². The molecule has 0 spiro atoms. The molecule has 116 valence electrons. The lowest BCUT2D eigenvalue weighted by Gasteiger charge is -2.09. The maximum atomic E-state index is 10.1. The fourth-order valence-corrected chi connectivity index (χ4v) is 0.601. The van der Waals surface area contributed by atoms with Crippen LogP contribution in [0.1, 0.15) is 0 Å². The van der Waals surface area contributed by atoms with Crippen molar-refractivity contribution in [3.8, 4) is 0 Å². The van der Waals surface area contributed by atoms with E-state index < -0.39 is 48.1 Å². The first-order chi connectivity index (χ1) is 8.93. The molecule has 12 nitrogen and oxygen atoms in total. The number of nitrogens with two attached hydrogens (primary N) is 3. The summed E-state index contributed by atoms with van der Waals surface area (Å²) in [4.78, 5) is 39.8. The molecule has 0 fully saturated rings. The van der Waals surface area contributed by atoms with Crippen LogP contribution in [0, 0.1) is 0 Å². The van der Waals surface area contributed by atoms with Crippen LogP contribution in [0.15, 0.2) is 0 Å². The lowest BCUT2D eigenvalue weighted by molar-refractivity contribution is -0.154. The molecule has 0 aliphatic heterocycles. The average molecular weight is 297 g/mol. The Morgan fingerprint density at radius 1 is 0.700 bits per heavy atom. The molecule has 0 radical (unpaired) electrons. The lowest BCUT2D eigenvalue weighted by atomic mass is 10.2. The molecule has 0 aromatic carbocycles. The topological polar surface area (TPSA) is 247 Å². The first-order valence-electron chi connectivity index (χ1n) is 4.78. The predicted molar refractivity (Wildman–Crippen MR) is 60.1 cm³/mol. The van der Waals surface area contributed by atoms with Crippen LogP contribution < -0.4 is 17.2 Å². The number of rotatable bonds is 6. The summed E-state index contributed by atoms with van der Waals surface area (Å²) < 4.78 is 0. The van der Waals surface area contributed by atoms with E-state index in [9.17, 15) is 19.2 Å². The van der Waals surface area contributed by atoms with E-state index in [1.54, 1.807) is 0 Å². The van der Waals surface area contributed by atoms with Gasteiger partial charge in [0.05, 0.1) is 0 Å². The van der Waals surface area contributed by atoms with Crippen molar-refractivity contribution in [2.45, 2.75) is 24.3 Å². The van der Waals surface area contributed by atoms with Crippen LogP contribution >= 0.6 is 0 Å². The van der Waals surface area contributed by atoms with Crippen LogP contribution in [0.25, 0.3) is 0 Å². The molecule has 0 aromatic heterocycles. The number of carbonyl (C=O) groups is 4. The number of aliphatic hydroxyl groups is 2. The number of aliphatic carboxylic acids is 3. The van der Waals surface area contributed by atoms with Gasteiger partial charge in [-0.3, -0.25) is 14.4 Å². The van der Waals surface area contributed by atoms with Gasteiger partial charge in [-0.25, -0.2) is 4.79 Å². The maximum Gasteiger partial charge on any atom is 0.334 e. The number of primary amides is 1. The molecular weight excluding hydrogens is 282 g/mol. The molecule has 0 aliphatic carbocycles. The number of aliphatic hydroxyl groups excluding tert-OH is 2. The summed E-state index contributed by atoms with van der Waals surface area (Å²) in [5.74, 6) is -5.80. The van der Waals surface area contributed by atoms with E-state index in [0.29, 0.717) is 0 Å². The van der Waals surface area contributed by atoms with Gasteiger partial charge in [-0.2, -0.15) is 0 Å². The average Bonchev–Trinajstić information content (AvgIpc) is 2.35.